The largest absolute Gasteiger partial charge is 0.467 e. The van der Waals surface area contributed by atoms with Crippen molar-refractivity contribution in [3.63, 3.8) is 0 Å². The molecule has 1 aliphatic heterocycles. The summed E-state index contributed by atoms with van der Waals surface area (Å²) in [6.45, 7) is 2.18. The van der Waals surface area contributed by atoms with Crippen LogP contribution in [-0.2, 0) is 4.79 Å². The topological polar surface area (TPSA) is 58.7 Å². The molecule has 0 fully saturated rings. The molecule has 2 amide bonds. The van der Waals surface area contributed by atoms with Crippen LogP contribution in [0.5, 0.6) is 0 Å². The van der Waals surface area contributed by atoms with E-state index in [-0.39, 0.29) is 18.0 Å². The summed E-state index contributed by atoms with van der Waals surface area (Å²) >= 11 is 0. The van der Waals surface area contributed by atoms with Crippen molar-refractivity contribution in [2.45, 2.75) is 25.8 Å². The van der Waals surface area contributed by atoms with Gasteiger partial charge in [-0.15, -0.1) is 0 Å². The van der Waals surface area contributed by atoms with Gasteiger partial charge in [0.15, 0.2) is 0 Å². The number of unbranched alkanes of at least 4 members (excludes halogenated alkanes) is 1. The van der Waals surface area contributed by atoms with Crippen molar-refractivity contribution in [1.82, 2.24) is 9.47 Å². The number of para-hydroxylation sites is 2. The molecule has 1 aliphatic rings. The van der Waals surface area contributed by atoms with Gasteiger partial charge in [-0.2, -0.15) is 0 Å². The lowest BCUT2D eigenvalue weighted by atomic mass is 10.0. The summed E-state index contributed by atoms with van der Waals surface area (Å²) < 4.78 is 22.2. The van der Waals surface area contributed by atoms with Gasteiger partial charge in [-0.25, -0.2) is 4.39 Å². The molecule has 4 aromatic rings. The third-order valence-electron chi connectivity index (χ3n) is 6.30. The number of carbonyl (C=O) groups is 2. The Morgan fingerprint density at radius 1 is 0.971 bits per heavy atom. The Bertz CT molecular complexity index is 1350. The molecule has 178 valence electrons. The highest BCUT2D eigenvalue weighted by molar-refractivity contribution is 6.02. The minimum absolute atomic E-state index is 0.0353. The van der Waals surface area contributed by atoms with Crippen LogP contribution in [0.3, 0.4) is 0 Å². The highest BCUT2D eigenvalue weighted by Crippen LogP contribution is 2.42. The minimum atomic E-state index is -0.596. The summed E-state index contributed by atoms with van der Waals surface area (Å²) in [7, 11) is 0. The van der Waals surface area contributed by atoms with E-state index in [2.05, 4.69) is 0 Å². The number of hydrogen-bond acceptors (Lipinski definition) is 3. The molecule has 6 nitrogen and oxygen atoms in total. The second-order valence-electron chi connectivity index (χ2n) is 8.53. The third kappa shape index (κ3) is 4.14. The van der Waals surface area contributed by atoms with Crippen LogP contribution in [0.4, 0.5) is 10.1 Å². The number of anilines is 1. The molecule has 0 saturated carbocycles. The zero-order valence-electron chi connectivity index (χ0n) is 19.4. The molecule has 35 heavy (non-hydrogen) atoms. The molecule has 0 spiro atoms. The molecule has 0 aliphatic carbocycles. The van der Waals surface area contributed by atoms with Gasteiger partial charge in [0.2, 0.25) is 5.91 Å². The number of halogens is 1. The molecule has 2 aromatic carbocycles. The zero-order valence-corrected chi connectivity index (χ0v) is 19.4. The first-order valence-corrected chi connectivity index (χ1v) is 11.8. The SMILES string of the molecule is CCCCN(CC(=O)N1c2ccccc2-n2cccc2C1c1ccco1)C(=O)c1ccccc1F. The molecule has 2 aromatic heterocycles. The average Bonchev–Trinajstić information content (AvgIpc) is 3.58. The Morgan fingerprint density at radius 3 is 2.49 bits per heavy atom. The van der Waals surface area contributed by atoms with Gasteiger partial charge < -0.3 is 13.9 Å². The fourth-order valence-electron chi connectivity index (χ4n) is 4.62. The standard InChI is InChI=1S/C28H26FN3O3/c1-2-3-16-30(28(34)20-10-4-5-11-21(20)29)19-26(33)32-23-13-7-6-12-22(23)31-17-8-14-24(31)27(32)25-15-9-18-35-25/h4-15,17-18,27H,2-3,16,19H2,1H3. The van der Waals surface area contributed by atoms with Crippen molar-refractivity contribution in [2.24, 2.45) is 0 Å². The van der Waals surface area contributed by atoms with Gasteiger partial charge in [-0.05, 0) is 55.0 Å². The highest BCUT2D eigenvalue weighted by atomic mass is 19.1. The first-order chi connectivity index (χ1) is 17.1. The molecule has 3 heterocycles. The minimum Gasteiger partial charge on any atom is -0.467 e. The molecular weight excluding hydrogens is 445 g/mol. The quantitative estimate of drug-likeness (QED) is 0.353. The van der Waals surface area contributed by atoms with Gasteiger partial charge in [0.1, 0.15) is 24.2 Å². The van der Waals surface area contributed by atoms with Gasteiger partial charge in [0.25, 0.3) is 5.91 Å². The number of rotatable bonds is 7. The first-order valence-electron chi connectivity index (χ1n) is 11.8. The van der Waals surface area contributed by atoms with Crippen molar-refractivity contribution in [3.05, 3.63) is 108 Å². The smallest absolute Gasteiger partial charge is 0.257 e. The third-order valence-corrected chi connectivity index (χ3v) is 6.30. The molecule has 0 bridgehead atoms. The van der Waals surface area contributed by atoms with Crippen LogP contribution in [0, 0.1) is 5.82 Å². The van der Waals surface area contributed by atoms with Crippen LogP contribution in [0.1, 0.15) is 47.6 Å². The van der Waals surface area contributed by atoms with E-state index in [1.807, 2.05) is 60.2 Å². The van der Waals surface area contributed by atoms with Crippen molar-refractivity contribution in [1.29, 1.82) is 0 Å². The lowest BCUT2D eigenvalue weighted by Crippen LogP contribution is -2.47. The molecule has 1 atom stereocenters. The monoisotopic (exact) mass is 471 g/mol. The number of fused-ring (bicyclic) bond motifs is 3. The average molecular weight is 472 g/mol. The lowest BCUT2D eigenvalue weighted by molar-refractivity contribution is -0.119. The number of nitrogens with zero attached hydrogens (tertiary/aromatic N) is 3. The maximum Gasteiger partial charge on any atom is 0.257 e. The van der Waals surface area contributed by atoms with Gasteiger partial charge in [-0.3, -0.25) is 14.5 Å². The second-order valence-corrected chi connectivity index (χ2v) is 8.53. The molecule has 7 heteroatoms. The van der Waals surface area contributed by atoms with Crippen LogP contribution >= 0.6 is 0 Å². The Hall–Kier alpha value is -4.13. The Kier molecular flexibility index (Phi) is 6.23. The van der Waals surface area contributed by atoms with E-state index in [0.29, 0.717) is 18.7 Å². The normalized spacial score (nSPS) is 14.3. The van der Waals surface area contributed by atoms with Gasteiger partial charge in [0.05, 0.1) is 28.9 Å². The summed E-state index contributed by atoms with van der Waals surface area (Å²) in [6, 6.07) is 20.6. The fourth-order valence-corrected chi connectivity index (χ4v) is 4.62. The van der Waals surface area contributed by atoms with Crippen LogP contribution in [0.2, 0.25) is 0 Å². The highest BCUT2D eigenvalue weighted by Gasteiger charge is 2.38. The molecule has 5 rings (SSSR count). The van der Waals surface area contributed by atoms with E-state index < -0.39 is 17.8 Å². The van der Waals surface area contributed by atoms with Crippen molar-refractivity contribution >= 4 is 17.5 Å². The predicted octanol–water partition coefficient (Wildman–Crippen LogP) is 5.59. The van der Waals surface area contributed by atoms with Gasteiger partial charge in [0, 0.05) is 12.7 Å². The first kappa shape index (κ1) is 22.7. The van der Waals surface area contributed by atoms with E-state index in [9.17, 15) is 14.0 Å². The summed E-state index contributed by atoms with van der Waals surface area (Å²) in [4.78, 5) is 30.4. The molecular formula is C28H26FN3O3. The molecule has 1 unspecified atom stereocenters. The second kappa shape index (κ2) is 9.62. The fraction of sp³-hybridized carbons (Fsp3) is 0.214. The van der Waals surface area contributed by atoms with E-state index in [4.69, 9.17) is 4.42 Å². The zero-order chi connectivity index (χ0) is 24.4. The maximum absolute atomic E-state index is 14.4. The number of hydrogen-bond donors (Lipinski definition) is 0. The number of amides is 2. The van der Waals surface area contributed by atoms with Gasteiger partial charge in [-0.1, -0.05) is 37.6 Å². The van der Waals surface area contributed by atoms with Crippen molar-refractivity contribution < 1.29 is 18.4 Å². The molecule has 0 N–H and O–H groups in total. The number of carbonyl (C=O) groups excluding carboxylic acids is 2. The van der Waals surface area contributed by atoms with E-state index in [0.717, 1.165) is 23.5 Å². The van der Waals surface area contributed by atoms with Crippen LogP contribution in [0.15, 0.2) is 89.7 Å². The van der Waals surface area contributed by atoms with Crippen LogP contribution in [0.25, 0.3) is 5.69 Å². The number of aromatic nitrogens is 1. The van der Waals surface area contributed by atoms with Crippen LogP contribution in [-0.4, -0.2) is 34.4 Å². The summed E-state index contributed by atoms with van der Waals surface area (Å²) in [5.74, 6) is -0.741. The number of furan rings is 1. The number of benzene rings is 2. The van der Waals surface area contributed by atoms with E-state index >= 15 is 0 Å². The Balaban J connectivity index is 1.54. The van der Waals surface area contributed by atoms with Crippen molar-refractivity contribution in [3.8, 4) is 5.69 Å². The molecule has 0 radical (unpaired) electrons. The van der Waals surface area contributed by atoms with Gasteiger partial charge >= 0.3 is 0 Å². The van der Waals surface area contributed by atoms with E-state index in [1.54, 1.807) is 29.4 Å². The van der Waals surface area contributed by atoms with Crippen molar-refractivity contribution in [2.75, 3.05) is 18.0 Å². The Labute approximate surface area is 203 Å². The Morgan fingerprint density at radius 2 is 1.74 bits per heavy atom. The van der Waals surface area contributed by atoms with E-state index in [1.165, 1.54) is 17.0 Å². The lowest BCUT2D eigenvalue weighted by Gasteiger charge is -2.38. The summed E-state index contributed by atoms with van der Waals surface area (Å²) in [6.07, 6.45) is 5.08. The maximum atomic E-state index is 14.4. The summed E-state index contributed by atoms with van der Waals surface area (Å²) in [5, 5.41) is 0. The molecule has 0 saturated heterocycles. The predicted molar refractivity (Wildman–Crippen MR) is 131 cm³/mol. The summed E-state index contributed by atoms with van der Waals surface area (Å²) in [5.41, 5.74) is 2.43. The van der Waals surface area contributed by atoms with Crippen LogP contribution < -0.4 is 4.90 Å².